The summed E-state index contributed by atoms with van der Waals surface area (Å²) in [5, 5.41) is 4.52. The molecule has 1 aliphatic heterocycles. The number of fused-ring (bicyclic) bond motifs is 1. The first-order valence-electron chi connectivity index (χ1n) is 9.55. The van der Waals surface area contributed by atoms with Crippen LogP contribution < -0.4 is 0 Å². The second kappa shape index (κ2) is 5.71. The molecule has 0 bridgehead atoms. The summed E-state index contributed by atoms with van der Waals surface area (Å²) < 4.78 is 4.34. The monoisotopic (exact) mass is 339 g/mol. The van der Waals surface area contributed by atoms with Gasteiger partial charge in [0.2, 0.25) is 5.91 Å². The summed E-state index contributed by atoms with van der Waals surface area (Å²) in [7, 11) is 0. The SMILES string of the molecule is C[C@@H]1C[C@H]1C(=O)N1CCc2ncc(-c3cnn(CC4CC4)c3)n2CC1. The summed E-state index contributed by atoms with van der Waals surface area (Å²) in [6.45, 7) is 5.60. The van der Waals surface area contributed by atoms with Crippen LogP contribution in [0.15, 0.2) is 18.6 Å². The zero-order valence-corrected chi connectivity index (χ0v) is 14.8. The molecule has 0 saturated heterocycles. The van der Waals surface area contributed by atoms with Crippen LogP contribution in [0.3, 0.4) is 0 Å². The quantitative estimate of drug-likeness (QED) is 0.858. The molecule has 0 spiro atoms. The van der Waals surface area contributed by atoms with E-state index >= 15 is 0 Å². The van der Waals surface area contributed by atoms with Crippen LogP contribution in [0.25, 0.3) is 11.3 Å². The second-order valence-electron chi connectivity index (χ2n) is 8.00. The highest BCUT2D eigenvalue weighted by molar-refractivity contribution is 5.81. The van der Waals surface area contributed by atoms with Crippen LogP contribution in [-0.4, -0.2) is 43.2 Å². The minimum atomic E-state index is 0.269. The third-order valence-electron chi connectivity index (χ3n) is 5.95. The number of hydrogen-bond acceptors (Lipinski definition) is 3. The highest BCUT2D eigenvalue weighted by atomic mass is 16.2. The summed E-state index contributed by atoms with van der Waals surface area (Å²) in [5.74, 6) is 3.09. The van der Waals surface area contributed by atoms with E-state index in [-0.39, 0.29) is 5.92 Å². The number of amides is 1. The van der Waals surface area contributed by atoms with Gasteiger partial charge in [-0.15, -0.1) is 0 Å². The van der Waals surface area contributed by atoms with Crippen LogP contribution in [0.2, 0.25) is 0 Å². The molecule has 0 N–H and O–H groups in total. The van der Waals surface area contributed by atoms with Crippen molar-refractivity contribution < 1.29 is 4.79 Å². The van der Waals surface area contributed by atoms with Gasteiger partial charge in [-0.2, -0.15) is 5.10 Å². The van der Waals surface area contributed by atoms with Gasteiger partial charge in [0.15, 0.2) is 0 Å². The van der Waals surface area contributed by atoms with E-state index in [1.54, 1.807) is 0 Å². The minimum Gasteiger partial charge on any atom is -0.340 e. The molecule has 2 aromatic heterocycles. The van der Waals surface area contributed by atoms with Crippen LogP contribution in [0.1, 0.15) is 32.0 Å². The number of hydrogen-bond donors (Lipinski definition) is 0. The first-order valence-corrected chi connectivity index (χ1v) is 9.55. The predicted molar refractivity (Wildman–Crippen MR) is 93.7 cm³/mol. The molecule has 5 rings (SSSR count). The van der Waals surface area contributed by atoms with E-state index < -0.39 is 0 Å². The molecule has 0 aromatic carbocycles. The average molecular weight is 339 g/mol. The van der Waals surface area contributed by atoms with Crippen LogP contribution in [0.5, 0.6) is 0 Å². The number of nitrogens with zero attached hydrogens (tertiary/aromatic N) is 5. The Bertz CT molecular complexity index is 803. The summed E-state index contributed by atoms with van der Waals surface area (Å²) in [6, 6.07) is 0. The van der Waals surface area contributed by atoms with Gasteiger partial charge in [0, 0.05) is 50.3 Å². The first-order chi connectivity index (χ1) is 12.2. The van der Waals surface area contributed by atoms with Gasteiger partial charge in [0.05, 0.1) is 18.1 Å². The average Bonchev–Trinajstić information content (AvgIpc) is 3.48. The molecule has 132 valence electrons. The fourth-order valence-corrected chi connectivity index (χ4v) is 3.94. The Morgan fingerprint density at radius 2 is 2.08 bits per heavy atom. The van der Waals surface area contributed by atoms with Gasteiger partial charge >= 0.3 is 0 Å². The fourth-order valence-electron chi connectivity index (χ4n) is 3.94. The molecule has 2 saturated carbocycles. The summed E-state index contributed by atoms with van der Waals surface area (Å²) >= 11 is 0. The lowest BCUT2D eigenvalue weighted by Crippen LogP contribution is -2.35. The summed E-state index contributed by atoms with van der Waals surface area (Å²) in [5.41, 5.74) is 2.26. The highest BCUT2D eigenvalue weighted by Crippen LogP contribution is 2.39. The van der Waals surface area contributed by atoms with Crippen LogP contribution >= 0.6 is 0 Å². The van der Waals surface area contributed by atoms with Crippen molar-refractivity contribution in [2.24, 2.45) is 17.8 Å². The standard InChI is InChI=1S/C19H25N5O/c1-13-8-16(13)19(25)22-5-4-18-20-10-17(24(18)7-6-22)15-9-21-23(12-15)11-14-2-3-14/h9-10,12-14,16H,2-8,11H2,1H3/t13-,16-/m1/s1. The van der Waals surface area contributed by atoms with Crippen molar-refractivity contribution in [2.75, 3.05) is 13.1 Å². The number of aromatic nitrogens is 4. The van der Waals surface area contributed by atoms with Crippen LogP contribution in [0, 0.1) is 17.8 Å². The Balaban J connectivity index is 1.33. The Labute approximate surface area is 147 Å². The van der Waals surface area contributed by atoms with E-state index in [9.17, 15) is 4.79 Å². The fraction of sp³-hybridized carbons (Fsp3) is 0.632. The van der Waals surface area contributed by atoms with Crippen molar-refractivity contribution in [3.63, 3.8) is 0 Å². The number of carbonyl (C=O) groups excluding carboxylic acids is 1. The lowest BCUT2D eigenvalue weighted by atomic mass is 10.2. The van der Waals surface area contributed by atoms with Gasteiger partial charge in [0.1, 0.15) is 5.82 Å². The topological polar surface area (TPSA) is 56.0 Å². The van der Waals surface area contributed by atoms with Gasteiger partial charge in [-0.3, -0.25) is 9.48 Å². The molecular formula is C19H25N5O. The Morgan fingerprint density at radius 3 is 2.84 bits per heavy atom. The molecule has 2 aromatic rings. The van der Waals surface area contributed by atoms with E-state index in [0.29, 0.717) is 11.8 Å². The van der Waals surface area contributed by atoms with Crippen molar-refractivity contribution in [3.05, 3.63) is 24.4 Å². The van der Waals surface area contributed by atoms with Crippen molar-refractivity contribution in [1.82, 2.24) is 24.2 Å². The van der Waals surface area contributed by atoms with Crippen molar-refractivity contribution in [3.8, 4) is 11.3 Å². The lowest BCUT2D eigenvalue weighted by molar-refractivity contribution is -0.132. The number of carbonyl (C=O) groups is 1. The number of imidazole rings is 1. The zero-order chi connectivity index (χ0) is 17.0. The largest absolute Gasteiger partial charge is 0.340 e. The second-order valence-corrected chi connectivity index (χ2v) is 8.00. The van der Waals surface area contributed by atoms with Gasteiger partial charge in [-0.1, -0.05) is 6.92 Å². The third-order valence-corrected chi connectivity index (χ3v) is 5.95. The Kier molecular flexibility index (Phi) is 3.47. The third kappa shape index (κ3) is 2.87. The Hall–Kier alpha value is -2.11. The van der Waals surface area contributed by atoms with E-state index in [1.807, 2.05) is 17.3 Å². The molecule has 0 radical (unpaired) electrons. The maximum Gasteiger partial charge on any atom is 0.226 e. The molecule has 2 fully saturated rings. The highest BCUT2D eigenvalue weighted by Gasteiger charge is 2.41. The smallest absolute Gasteiger partial charge is 0.226 e. The summed E-state index contributed by atoms with van der Waals surface area (Å²) in [4.78, 5) is 19.2. The van der Waals surface area contributed by atoms with Crippen molar-refractivity contribution in [2.45, 2.75) is 45.7 Å². The first kappa shape index (κ1) is 15.2. The van der Waals surface area contributed by atoms with E-state index in [0.717, 1.165) is 62.0 Å². The molecule has 6 heteroatoms. The molecule has 6 nitrogen and oxygen atoms in total. The maximum absolute atomic E-state index is 12.5. The number of rotatable bonds is 4. The van der Waals surface area contributed by atoms with Crippen LogP contribution in [0.4, 0.5) is 0 Å². The van der Waals surface area contributed by atoms with E-state index in [1.165, 1.54) is 12.8 Å². The lowest BCUT2D eigenvalue weighted by Gasteiger charge is -2.20. The van der Waals surface area contributed by atoms with Gasteiger partial charge in [-0.25, -0.2) is 4.98 Å². The molecule has 1 amide bonds. The molecular weight excluding hydrogens is 314 g/mol. The molecule has 2 aliphatic carbocycles. The predicted octanol–water partition coefficient (Wildman–Crippen LogP) is 2.20. The van der Waals surface area contributed by atoms with Crippen molar-refractivity contribution >= 4 is 5.91 Å². The van der Waals surface area contributed by atoms with Crippen LogP contribution in [-0.2, 0) is 24.3 Å². The molecule has 2 atom stereocenters. The van der Waals surface area contributed by atoms with Gasteiger partial charge < -0.3 is 9.47 Å². The molecule has 3 heterocycles. The normalized spacial score (nSPS) is 25.6. The van der Waals surface area contributed by atoms with E-state index in [2.05, 4.69) is 32.5 Å². The van der Waals surface area contributed by atoms with Gasteiger partial charge in [-0.05, 0) is 31.1 Å². The van der Waals surface area contributed by atoms with Gasteiger partial charge in [0.25, 0.3) is 0 Å². The minimum absolute atomic E-state index is 0.269. The summed E-state index contributed by atoms with van der Waals surface area (Å²) in [6.07, 6.45) is 10.6. The van der Waals surface area contributed by atoms with Crippen molar-refractivity contribution in [1.29, 1.82) is 0 Å². The zero-order valence-electron chi connectivity index (χ0n) is 14.8. The molecule has 0 unspecified atom stereocenters. The maximum atomic E-state index is 12.5. The van der Waals surface area contributed by atoms with E-state index in [4.69, 9.17) is 0 Å². The molecule has 25 heavy (non-hydrogen) atoms. The molecule has 3 aliphatic rings. The Morgan fingerprint density at radius 1 is 1.24 bits per heavy atom.